The van der Waals surface area contributed by atoms with E-state index in [0.717, 1.165) is 33.3 Å². The Bertz CT molecular complexity index is 952. The average Bonchev–Trinajstić information content (AvgIpc) is 3.24. The zero-order valence-electron chi connectivity index (χ0n) is 11.0. The average molecular weight is 306 g/mol. The van der Waals surface area contributed by atoms with Crippen LogP contribution in [-0.4, -0.2) is 4.98 Å². The minimum atomic E-state index is 0.738. The Kier molecular flexibility index (Phi) is 2.88. The lowest BCUT2D eigenvalue weighted by atomic mass is 10.0. The molecule has 4 rings (SSSR count). The maximum atomic E-state index is 9.35. The van der Waals surface area contributed by atoms with Gasteiger partial charge in [0.2, 0.25) is 0 Å². The lowest BCUT2D eigenvalue weighted by Gasteiger charge is -2.02. The van der Waals surface area contributed by atoms with Gasteiger partial charge in [-0.3, -0.25) is 0 Å². The van der Waals surface area contributed by atoms with Crippen molar-refractivity contribution in [2.45, 2.75) is 0 Å². The summed E-state index contributed by atoms with van der Waals surface area (Å²) in [5, 5.41) is 16.6. The maximum absolute atomic E-state index is 9.35. The number of rotatable bonds is 2. The van der Waals surface area contributed by atoms with Crippen LogP contribution in [0, 0.1) is 11.3 Å². The van der Waals surface area contributed by atoms with Gasteiger partial charge in [0.25, 0.3) is 0 Å². The van der Waals surface area contributed by atoms with E-state index in [-0.39, 0.29) is 0 Å². The van der Waals surface area contributed by atoms with Gasteiger partial charge in [-0.2, -0.15) is 16.6 Å². The first-order valence-corrected chi connectivity index (χ1v) is 8.32. The molecule has 21 heavy (non-hydrogen) atoms. The summed E-state index contributed by atoms with van der Waals surface area (Å²) in [4.78, 5) is 4.70. The molecule has 100 valence electrons. The highest BCUT2D eigenvalue weighted by Gasteiger charge is 2.18. The van der Waals surface area contributed by atoms with Gasteiger partial charge in [-0.05, 0) is 17.5 Å². The highest BCUT2D eigenvalue weighted by Crippen LogP contribution is 2.41. The van der Waals surface area contributed by atoms with Crippen LogP contribution in [0.5, 0.6) is 0 Å². The zero-order chi connectivity index (χ0) is 14.2. The standard InChI is InChI=1S/C17H10N2S2/c18-8-11-9-20-10-13(11)16-12-4-1-2-5-14(12)19-17(16)15-6-3-7-21-15/h1-7,9-10,19H. The molecule has 0 fully saturated rings. The number of thiophene rings is 2. The van der Waals surface area contributed by atoms with Gasteiger partial charge < -0.3 is 4.98 Å². The summed E-state index contributed by atoms with van der Waals surface area (Å²) in [5.74, 6) is 0. The van der Waals surface area contributed by atoms with Crippen LogP contribution in [-0.2, 0) is 0 Å². The molecular formula is C17H10N2S2. The Hall–Kier alpha value is -2.35. The van der Waals surface area contributed by atoms with Gasteiger partial charge in [0, 0.05) is 32.8 Å². The molecule has 3 aromatic heterocycles. The van der Waals surface area contributed by atoms with Crippen LogP contribution < -0.4 is 0 Å². The molecule has 0 atom stereocenters. The van der Waals surface area contributed by atoms with Crippen LogP contribution in [0.15, 0.2) is 52.5 Å². The van der Waals surface area contributed by atoms with E-state index in [9.17, 15) is 5.26 Å². The molecule has 2 nitrogen and oxygen atoms in total. The van der Waals surface area contributed by atoms with Crippen LogP contribution in [0.25, 0.3) is 32.6 Å². The van der Waals surface area contributed by atoms with E-state index in [4.69, 9.17) is 0 Å². The summed E-state index contributed by atoms with van der Waals surface area (Å²) >= 11 is 3.28. The van der Waals surface area contributed by atoms with Crippen LogP contribution in [0.4, 0.5) is 0 Å². The summed E-state index contributed by atoms with van der Waals surface area (Å²) < 4.78 is 0. The Labute approximate surface area is 129 Å². The smallest absolute Gasteiger partial charge is 0.101 e. The molecule has 4 aromatic rings. The van der Waals surface area contributed by atoms with Crippen molar-refractivity contribution in [1.29, 1.82) is 5.26 Å². The minimum absolute atomic E-state index is 0.738. The fraction of sp³-hybridized carbons (Fsp3) is 0. The van der Waals surface area contributed by atoms with Crippen molar-refractivity contribution in [3.63, 3.8) is 0 Å². The number of H-pyrrole nitrogens is 1. The van der Waals surface area contributed by atoms with Crippen LogP contribution in [0.2, 0.25) is 0 Å². The van der Waals surface area contributed by atoms with Gasteiger partial charge in [0.15, 0.2) is 0 Å². The van der Waals surface area contributed by atoms with Gasteiger partial charge in [0.1, 0.15) is 6.07 Å². The second kappa shape index (κ2) is 4.88. The van der Waals surface area contributed by atoms with Gasteiger partial charge >= 0.3 is 0 Å². The van der Waals surface area contributed by atoms with Crippen molar-refractivity contribution in [3.05, 3.63) is 58.1 Å². The first-order chi connectivity index (χ1) is 10.4. The van der Waals surface area contributed by atoms with Gasteiger partial charge in [-0.15, -0.1) is 11.3 Å². The fourth-order valence-electron chi connectivity index (χ4n) is 2.60. The molecule has 0 aliphatic carbocycles. The molecule has 4 heteroatoms. The van der Waals surface area contributed by atoms with Crippen LogP contribution in [0.3, 0.4) is 0 Å². The molecule has 0 aliphatic rings. The number of nitriles is 1. The van der Waals surface area contributed by atoms with Crippen molar-refractivity contribution in [3.8, 4) is 27.8 Å². The number of aromatic amines is 1. The Balaban J connectivity index is 2.11. The Morgan fingerprint density at radius 3 is 2.76 bits per heavy atom. The van der Waals surface area contributed by atoms with Crippen molar-refractivity contribution in [1.82, 2.24) is 4.98 Å². The number of nitrogens with zero attached hydrogens (tertiary/aromatic N) is 1. The molecule has 3 heterocycles. The van der Waals surface area contributed by atoms with E-state index in [1.807, 2.05) is 23.6 Å². The first-order valence-electron chi connectivity index (χ1n) is 6.49. The molecule has 1 N–H and O–H groups in total. The van der Waals surface area contributed by atoms with Crippen LogP contribution >= 0.6 is 22.7 Å². The number of nitrogens with one attached hydrogen (secondary N) is 1. The molecule has 0 bridgehead atoms. The largest absolute Gasteiger partial charge is 0.353 e. The van der Waals surface area contributed by atoms with Crippen molar-refractivity contribution >= 4 is 33.6 Å². The second-order valence-corrected chi connectivity index (χ2v) is 6.40. The zero-order valence-corrected chi connectivity index (χ0v) is 12.6. The summed E-state index contributed by atoms with van der Waals surface area (Å²) in [6.45, 7) is 0. The van der Waals surface area contributed by atoms with E-state index in [2.05, 4.69) is 40.0 Å². The molecule has 0 radical (unpaired) electrons. The third-order valence-electron chi connectivity index (χ3n) is 3.53. The normalized spacial score (nSPS) is 10.8. The summed E-state index contributed by atoms with van der Waals surface area (Å²) in [5.41, 5.74) is 5.09. The number of hydrogen-bond donors (Lipinski definition) is 1. The second-order valence-electron chi connectivity index (χ2n) is 4.71. The van der Waals surface area contributed by atoms with Crippen molar-refractivity contribution in [2.75, 3.05) is 0 Å². The van der Waals surface area contributed by atoms with Gasteiger partial charge in [0.05, 0.1) is 16.1 Å². The monoisotopic (exact) mass is 306 g/mol. The molecule has 1 aromatic carbocycles. The first kappa shape index (κ1) is 12.4. The number of benzene rings is 1. The number of aromatic nitrogens is 1. The predicted octanol–water partition coefficient (Wildman–Crippen LogP) is 5.50. The molecular weight excluding hydrogens is 296 g/mol. The Morgan fingerprint density at radius 2 is 1.95 bits per heavy atom. The topological polar surface area (TPSA) is 39.6 Å². The minimum Gasteiger partial charge on any atom is -0.353 e. The number of fused-ring (bicyclic) bond motifs is 1. The molecule has 0 aliphatic heterocycles. The molecule has 0 amide bonds. The van der Waals surface area contributed by atoms with Gasteiger partial charge in [-0.25, -0.2) is 0 Å². The third kappa shape index (κ3) is 1.90. The molecule has 0 spiro atoms. The number of hydrogen-bond acceptors (Lipinski definition) is 3. The van der Waals surface area contributed by atoms with Crippen molar-refractivity contribution < 1.29 is 0 Å². The number of para-hydroxylation sites is 1. The summed E-state index contributed by atoms with van der Waals surface area (Å²) in [6, 6.07) is 14.7. The lowest BCUT2D eigenvalue weighted by Crippen LogP contribution is -1.81. The van der Waals surface area contributed by atoms with E-state index in [1.165, 1.54) is 4.88 Å². The highest BCUT2D eigenvalue weighted by molar-refractivity contribution is 7.13. The van der Waals surface area contributed by atoms with Crippen LogP contribution in [0.1, 0.15) is 5.56 Å². The summed E-state index contributed by atoms with van der Waals surface area (Å²) in [6.07, 6.45) is 0. The third-order valence-corrected chi connectivity index (χ3v) is 5.16. The molecule has 0 unspecified atom stereocenters. The SMILES string of the molecule is N#Cc1cscc1-c1c(-c2cccs2)[nH]c2ccccc12. The molecule has 0 saturated carbocycles. The predicted molar refractivity (Wildman–Crippen MR) is 89.6 cm³/mol. The quantitative estimate of drug-likeness (QED) is 0.522. The lowest BCUT2D eigenvalue weighted by molar-refractivity contribution is 1.47. The maximum Gasteiger partial charge on any atom is 0.101 e. The van der Waals surface area contributed by atoms with E-state index in [1.54, 1.807) is 22.7 Å². The highest BCUT2D eigenvalue weighted by atomic mass is 32.1. The fourth-order valence-corrected chi connectivity index (χ4v) is 4.10. The van der Waals surface area contributed by atoms with Crippen molar-refractivity contribution in [2.24, 2.45) is 0 Å². The molecule has 0 saturated heterocycles. The van der Waals surface area contributed by atoms with E-state index < -0.39 is 0 Å². The summed E-state index contributed by atoms with van der Waals surface area (Å²) in [7, 11) is 0. The van der Waals surface area contributed by atoms with E-state index in [0.29, 0.717) is 0 Å². The van der Waals surface area contributed by atoms with E-state index >= 15 is 0 Å². The van der Waals surface area contributed by atoms with Gasteiger partial charge in [-0.1, -0.05) is 24.3 Å². The Morgan fingerprint density at radius 1 is 1.05 bits per heavy atom.